The van der Waals surface area contributed by atoms with Crippen LogP contribution in [0.25, 0.3) is 9.88 Å². The fraction of sp³-hybridized carbons (Fsp3) is 0.556. The molecule has 4 nitrogen and oxygen atoms in total. The van der Waals surface area contributed by atoms with Gasteiger partial charge in [-0.3, -0.25) is 4.79 Å². The van der Waals surface area contributed by atoms with E-state index in [-0.39, 0.29) is 5.91 Å². The fourth-order valence-corrected chi connectivity index (χ4v) is 4.54. The second kappa shape index (κ2) is 9.30. The van der Waals surface area contributed by atoms with Crippen LogP contribution in [0.5, 0.6) is 0 Å². The van der Waals surface area contributed by atoms with E-state index in [1.54, 1.807) is 22.7 Å². The van der Waals surface area contributed by atoms with Crippen molar-refractivity contribution in [1.82, 2.24) is 10.3 Å². The van der Waals surface area contributed by atoms with Gasteiger partial charge in [0.25, 0.3) is 0 Å². The number of hydrogen-bond acceptors (Lipinski definition) is 5. The molecule has 6 heteroatoms. The van der Waals surface area contributed by atoms with E-state index in [4.69, 9.17) is 4.74 Å². The molecule has 2 heterocycles. The lowest BCUT2D eigenvalue weighted by Crippen LogP contribution is -2.27. The lowest BCUT2D eigenvalue weighted by atomic mass is 9.98. The van der Waals surface area contributed by atoms with Gasteiger partial charge in [-0.05, 0) is 30.7 Å². The molecule has 1 fully saturated rings. The smallest absolute Gasteiger partial charge is 0.226 e. The molecule has 0 atom stereocenters. The number of thiophene rings is 1. The molecule has 0 spiro atoms. The summed E-state index contributed by atoms with van der Waals surface area (Å²) < 4.78 is 5.87. The zero-order chi connectivity index (χ0) is 16.6. The van der Waals surface area contributed by atoms with E-state index in [0.717, 1.165) is 28.6 Å². The Labute approximate surface area is 151 Å². The van der Waals surface area contributed by atoms with Crippen molar-refractivity contribution in [1.29, 1.82) is 0 Å². The minimum atomic E-state index is 0.0377. The topological polar surface area (TPSA) is 51.2 Å². The predicted octanol–water partition coefficient (Wildman–Crippen LogP) is 4.27. The number of ether oxygens (including phenoxy) is 1. The number of thiazole rings is 1. The monoisotopic (exact) mass is 364 g/mol. The Morgan fingerprint density at radius 2 is 2.17 bits per heavy atom. The maximum atomic E-state index is 12.0. The molecule has 3 rings (SSSR count). The highest BCUT2D eigenvalue weighted by molar-refractivity contribution is 7.20. The fourth-order valence-electron chi connectivity index (χ4n) is 2.91. The first-order chi connectivity index (χ1) is 11.8. The average Bonchev–Trinajstić information content (AvgIpc) is 3.27. The van der Waals surface area contributed by atoms with Gasteiger partial charge in [0.15, 0.2) is 0 Å². The Morgan fingerprint density at radius 3 is 2.96 bits per heavy atom. The summed E-state index contributed by atoms with van der Waals surface area (Å²) in [6, 6.07) is 4.07. The summed E-state index contributed by atoms with van der Waals surface area (Å²) in [4.78, 5) is 17.7. The van der Waals surface area contributed by atoms with Crippen LogP contribution in [0.2, 0.25) is 0 Å². The second-order valence-corrected chi connectivity index (χ2v) is 7.94. The minimum absolute atomic E-state index is 0.0377. The van der Waals surface area contributed by atoms with Crippen molar-refractivity contribution in [3.05, 3.63) is 28.6 Å². The number of hydrogen-bond donors (Lipinski definition) is 1. The third kappa shape index (κ3) is 5.40. The molecule has 0 unspecified atom stereocenters. The van der Waals surface area contributed by atoms with Crippen molar-refractivity contribution < 1.29 is 9.53 Å². The van der Waals surface area contributed by atoms with Crippen LogP contribution in [0.3, 0.4) is 0 Å². The number of carbonyl (C=O) groups excluding carboxylic acids is 1. The van der Waals surface area contributed by atoms with Crippen LogP contribution >= 0.6 is 22.7 Å². The third-order valence-electron chi connectivity index (χ3n) is 4.17. The molecule has 1 saturated carbocycles. The first-order valence-corrected chi connectivity index (χ1v) is 10.4. The highest BCUT2D eigenvalue weighted by Gasteiger charge is 2.13. The van der Waals surface area contributed by atoms with Gasteiger partial charge in [-0.2, -0.15) is 0 Å². The Hall–Kier alpha value is -1.24. The Kier molecular flexibility index (Phi) is 6.81. The van der Waals surface area contributed by atoms with E-state index in [1.165, 1.54) is 32.1 Å². The van der Waals surface area contributed by atoms with Crippen molar-refractivity contribution in [3.63, 3.8) is 0 Å². The highest BCUT2D eigenvalue weighted by Crippen LogP contribution is 2.27. The van der Waals surface area contributed by atoms with Crippen LogP contribution < -0.4 is 5.32 Å². The van der Waals surface area contributed by atoms with Gasteiger partial charge < -0.3 is 10.1 Å². The van der Waals surface area contributed by atoms with Gasteiger partial charge in [-0.25, -0.2) is 4.98 Å². The number of rotatable bonds is 8. The SMILES string of the molecule is O=C(Cc1csc(-c2cccs2)n1)NCCCOC1CCCCC1. The average molecular weight is 365 g/mol. The molecule has 0 bridgehead atoms. The summed E-state index contributed by atoms with van der Waals surface area (Å²) in [7, 11) is 0. The van der Waals surface area contributed by atoms with E-state index in [1.807, 2.05) is 16.8 Å². The molecular formula is C18H24N2O2S2. The molecule has 0 radical (unpaired) electrons. The largest absolute Gasteiger partial charge is 0.378 e. The summed E-state index contributed by atoms with van der Waals surface area (Å²) in [5.41, 5.74) is 0.847. The van der Waals surface area contributed by atoms with Crippen molar-refractivity contribution in [2.45, 2.75) is 51.0 Å². The molecule has 24 heavy (non-hydrogen) atoms. The van der Waals surface area contributed by atoms with Crippen LogP contribution in [0.4, 0.5) is 0 Å². The summed E-state index contributed by atoms with van der Waals surface area (Å²) >= 11 is 3.27. The molecule has 2 aromatic heterocycles. The van der Waals surface area contributed by atoms with E-state index in [9.17, 15) is 4.79 Å². The first-order valence-electron chi connectivity index (χ1n) is 8.68. The molecule has 1 amide bonds. The predicted molar refractivity (Wildman–Crippen MR) is 99.6 cm³/mol. The van der Waals surface area contributed by atoms with Gasteiger partial charge in [-0.1, -0.05) is 25.3 Å². The number of nitrogens with zero attached hydrogens (tertiary/aromatic N) is 1. The number of aromatic nitrogens is 1. The number of carbonyl (C=O) groups is 1. The molecule has 0 aromatic carbocycles. The lowest BCUT2D eigenvalue weighted by molar-refractivity contribution is -0.120. The molecule has 1 aliphatic rings. The summed E-state index contributed by atoms with van der Waals surface area (Å²) in [5, 5.41) is 7.97. The maximum absolute atomic E-state index is 12.0. The van der Waals surface area contributed by atoms with Crippen LogP contribution in [0.15, 0.2) is 22.9 Å². The van der Waals surface area contributed by atoms with Gasteiger partial charge in [0.05, 0.1) is 23.1 Å². The zero-order valence-corrected chi connectivity index (χ0v) is 15.5. The van der Waals surface area contributed by atoms with Gasteiger partial charge in [0.1, 0.15) is 5.01 Å². The van der Waals surface area contributed by atoms with Gasteiger partial charge in [0, 0.05) is 18.5 Å². The van der Waals surface area contributed by atoms with E-state index >= 15 is 0 Å². The Morgan fingerprint density at radius 1 is 1.29 bits per heavy atom. The van der Waals surface area contributed by atoms with Crippen molar-refractivity contribution >= 4 is 28.6 Å². The molecular weight excluding hydrogens is 340 g/mol. The van der Waals surface area contributed by atoms with Crippen molar-refractivity contribution in [2.24, 2.45) is 0 Å². The molecule has 130 valence electrons. The second-order valence-electron chi connectivity index (χ2n) is 6.13. The lowest BCUT2D eigenvalue weighted by Gasteiger charge is -2.21. The van der Waals surface area contributed by atoms with Crippen LogP contribution in [-0.4, -0.2) is 30.1 Å². The standard InChI is InChI=1S/C18H24N2O2S2/c21-17(19-9-5-10-22-15-6-2-1-3-7-15)12-14-13-24-18(20-14)16-8-4-11-23-16/h4,8,11,13,15H,1-3,5-7,9-10,12H2,(H,19,21). The van der Waals surface area contributed by atoms with Gasteiger partial charge >= 0.3 is 0 Å². The van der Waals surface area contributed by atoms with E-state index in [0.29, 0.717) is 19.1 Å². The quantitative estimate of drug-likeness (QED) is 0.712. The summed E-state index contributed by atoms with van der Waals surface area (Å²) in [6.45, 7) is 1.41. The number of amides is 1. The first kappa shape index (κ1) is 17.6. The van der Waals surface area contributed by atoms with Gasteiger partial charge in [0.2, 0.25) is 5.91 Å². The molecule has 1 aliphatic carbocycles. The highest BCUT2D eigenvalue weighted by atomic mass is 32.1. The zero-order valence-electron chi connectivity index (χ0n) is 13.8. The van der Waals surface area contributed by atoms with E-state index < -0.39 is 0 Å². The van der Waals surface area contributed by atoms with E-state index in [2.05, 4.69) is 16.4 Å². The van der Waals surface area contributed by atoms with Crippen molar-refractivity contribution in [2.75, 3.05) is 13.2 Å². The van der Waals surface area contributed by atoms with Crippen LogP contribution in [0.1, 0.15) is 44.2 Å². The maximum Gasteiger partial charge on any atom is 0.226 e. The van der Waals surface area contributed by atoms with Crippen LogP contribution in [0, 0.1) is 0 Å². The molecule has 1 N–H and O–H groups in total. The molecule has 0 saturated heterocycles. The van der Waals surface area contributed by atoms with Crippen molar-refractivity contribution in [3.8, 4) is 9.88 Å². The summed E-state index contributed by atoms with van der Waals surface area (Å²) in [6.07, 6.45) is 8.00. The molecule has 2 aromatic rings. The normalized spacial score (nSPS) is 15.5. The third-order valence-corrected chi connectivity index (χ3v) is 6.10. The Bertz CT molecular complexity index is 619. The minimum Gasteiger partial charge on any atom is -0.378 e. The van der Waals surface area contributed by atoms with Crippen LogP contribution in [-0.2, 0) is 16.0 Å². The number of nitrogens with one attached hydrogen (secondary N) is 1. The summed E-state index contributed by atoms with van der Waals surface area (Å²) in [5.74, 6) is 0.0377. The molecule has 0 aliphatic heterocycles. The van der Waals surface area contributed by atoms with Gasteiger partial charge in [-0.15, -0.1) is 22.7 Å². The Balaban J connectivity index is 1.31.